The Morgan fingerprint density at radius 1 is 1.05 bits per heavy atom. The molecule has 19 heavy (non-hydrogen) atoms. The molecule has 1 rings (SSSR count). The lowest BCUT2D eigenvalue weighted by molar-refractivity contribution is -0.136. The van der Waals surface area contributed by atoms with Crippen LogP contribution < -0.4 is 0 Å². The summed E-state index contributed by atoms with van der Waals surface area (Å²) >= 11 is 0. The Morgan fingerprint density at radius 2 is 1.68 bits per heavy atom. The fourth-order valence-electron chi connectivity index (χ4n) is 2.49. The zero-order chi connectivity index (χ0) is 14.1. The van der Waals surface area contributed by atoms with Crippen molar-refractivity contribution in [3.63, 3.8) is 0 Å². The number of carbonyl (C=O) groups excluding carboxylic acids is 1. The van der Waals surface area contributed by atoms with E-state index >= 15 is 0 Å². The van der Waals surface area contributed by atoms with Gasteiger partial charge in [-0.05, 0) is 19.4 Å². The van der Waals surface area contributed by atoms with Crippen molar-refractivity contribution < 1.29 is 9.53 Å². The number of rotatable bonds is 8. The summed E-state index contributed by atoms with van der Waals surface area (Å²) in [5.74, 6) is 0.437. The number of hydrogen-bond donors (Lipinski definition) is 0. The number of piperazine rings is 1. The van der Waals surface area contributed by atoms with E-state index in [0.717, 1.165) is 32.8 Å². The van der Waals surface area contributed by atoms with E-state index in [4.69, 9.17) is 4.74 Å². The molecule has 1 fully saturated rings. The van der Waals surface area contributed by atoms with Crippen LogP contribution in [-0.2, 0) is 9.53 Å². The molecule has 0 unspecified atom stereocenters. The zero-order valence-electron chi connectivity index (χ0n) is 12.9. The first-order valence-electron chi connectivity index (χ1n) is 7.65. The van der Waals surface area contributed by atoms with Crippen LogP contribution in [0.15, 0.2) is 0 Å². The first-order valence-corrected chi connectivity index (χ1v) is 7.65. The predicted octanol–water partition coefficient (Wildman–Crippen LogP) is 1.99. The van der Waals surface area contributed by atoms with Gasteiger partial charge in [-0.15, -0.1) is 0 Å². The van der Waals surface area contributed by atoms with Crippen molar-refractivity contribution in [1.82, 2.24) is 9.80 Å². The summed E-state index contributed by atoms with van der Waals surface area (Å²) in [6, 6.07) is 0. The van der Waals surface area contributed by atoms with Gasteiger partial charge in [0.05, 0.1) is 0 Å². The lowest BCUT2D eigenvalue weighted by atomic mass is 10.1. The third kappa shape index (κ3) is 6.39. The number of amides is 1. The fourth-order valence-corrected chi connectivity index (χ4v) is 2.49. The molecule has 1 aliphatic heterocycles. The van der Waals surface area contributed by atoms with Crippen molar-refractivity contribution in [2.75, 3.05) is 46.4 Å². The Morgan fingerprint density at radius 3 is 2.26 bits per heavy atom. The topological polar surface area (TPSA) is 32.8 Å². The molecule has 1 aliphatic rings. The molecule has 112 valence electrons. The van der Waals surface area contributed by atoms with E-state index in [2.05, 4.69) is 4.90 Å². The van der Waals surface area contributed by atoms with Crippen LogP contribution in [-0.4, -0.2) is 62.1 Å². The Bertz CT molecular complexity index is 249. The third-order valence-electron chi connectivity index (χ3n) is 3.75. The Kier molecular flexibility index (Phi) is 8.07. The highest BCUT2D eigenvalue weighted by atomic mass is 16.5. The first kappa shape index (κ1) is 16.4. The van der Waals surface area contributed by atoms with Gasteiger partial charge in [-0.3, -0.25) is 9.69 Å². The van der Waals surface area contributed by atoms with Crippen LogP contribution in [0.4, 0.5) is 0 Å². The third-order valence-corrected chi connectivity index (χ3v) is 3.75. The number of ether oxygens (including phenoxy) is 1. The summed E-state index contributed by atoms with van der Waals surface area (Å²) in [7, 11) is 1.76. The van der Waals surface area contributed by atoms with Crippen LogP contribution >= 0.6 is 0 Å². The quantitative estimate of drug-likeness (QED) is 0.632. The molecular weight excluding hydrogens is 240 g/mol. The normalized spacial score (nSPS) is 17.2. The molecule has 0 spiro atoms. The highest BCUT2D eigenvalue weighted by Crippen LogP contribution is 2.09. The van der Waals surface area contributed by atoms with Crippen molar-refractivity contribution in [2.45, 2.75) is 39.5 Å². The minimum Gasteiger partial charge on any atom is -0.385 e. The molecule has 1 heterocycles. The molecule has 0 aromatic carbocycles. The summed E-state index contributed by atoms with van der Waals surface area (Å²) in [6.45, 7) is 9.91. The summed E-state index contributed by atoms with van der Waals surface area (Å²) in [5, 5.41) is 0. The summed E-state index contributed by atoms with van der Waals surface area (Å²) in [4.78, 5) is 16.4. The molecule has 0 aromatic heterocycles. The maximum Gasteiger partial charge on any atom is 0.225 e. The second kappa shape index (κ2) is 9.32. The van der Waals surface area contributed by atoms with Gasteiger partial charge in [0.1, 0.15) is 0 Å². The van der Waals surface area contributed by atoms with E-state index in [-0.39, 0.29) is 5.92 Å². The molecule has 0 N–H and O–H groups in total. The van der Waals surface area contributed by atoms with Crippen LogP contribution in [0.5, 0.6) is 0 Å². The molecular formula is C15H30N2O2. The van der Waals surface area contributed by atoms with E-state index in [1.165, 1.54) is 32.2 Å². The molecule has 1 amide bonds. The fraction of sp³-hybridized carbons (Fsp3) is 0.933. The standard InChI is InChI=1S/C15H30N2O2/c1-14(2)15(18)17-11-9-16(10-12-17)8-6-4-5-7-13-19-3/h14H,4-13H2,1-3H3. The van der Waals surface area contributed by atoms with Crippen molar-refractivity contribution in [3.8, 4) is 0 Å². The van der Waals surface area contributed by atoms with E-state index in [9.17, 15) is 4.79 Å². The molecule has 0 aromatic rings. The Hall–Kier alpha value is -0.610. The SMILES string of the molecule is COCCCCCCN1CCN(C(=O)C(C)C)CC1. The lowest BCUT2D eigenvalue weighted by Gasteiger charge is -2.35. The van der Waals surface area contributed by atoms with Gasteiger partial charge in [0.2, 0.25) is 5.91 Å². The van der Waals surface area contributed by atoms with Crippen LogP contribution in [0.25, 0.3) is 0 Å². The minimum absolute atomic E-state index is 0.132. The van der Waals surface area contributed by atoms with Crippen molar-refractivity contribution in [1.29, 1.82) is 0 Å². The summed E-state index contributed by atoms with van der Waals surface area (Å²) in [5.41, 5.74) is 0. The van der Waals surface area contributed by atoms with Crippen LogP contribution in [0.2, 0.25) is 0 Å². The number of carbonyl (C=O) groups is 1. The van der Waals surface area contributed by atoms with Crippen LogP contribution in [0.3, 0.4) is 0 Å². The maximum atomic E-state index is 11.9. The Balaban J connectivity index is 2.05. The molecule has 1 saturated heterocycles. The number of nitrogens with zero attached hydrogens (tertiary/aromatic N) is 2. The summed E-state index contributed by atoms with van der Waals surface area (Å²) < 4.78 is 5.04. The van der Waals surface area contributed by atoms with Crippen molar-refractivity contribution in [2.24, 2.45) is 5.92 Å². The molecule has 0 saturated carbocycles. The number of methoxy groups -OCH3 is 1. The number of unbranched alkanes of at least 4 members (excludes halogenated alkanes) is 3. The van der Waals surface area contributed by atoms with Crippen molar-refractivity contribution >= 4 is 5.91 Å². The maximum absolute atomic E-state index is 11.9. The highest BCUT2D eigenvalue weighted by Gasteiger charge is 2.22. The van der Waals surface area contributed by atoms with E-state index < -0.39 is 0 Å². The monoisotopic (exact) mass is 270 g/mol. The van der Waals surface area contributed by atoms with E-state index in [0.29, 0.717) is 5.91 Å². The first-order chi connectivity index (χ1) is 9.15. The van der Waals surface area contributed by atoms with Gasteiger partial charge in [-0.25, -0.2) is 0 Å². The second-order valence-electron chi connectivity index (χ2n) is 5.73. The predicted molar refractivity (Wildman–Crippen MR) is 78.2 cm³/mol. The molecule has 0 aliphatic carbocycles. The van der Waals surface area contributed by atoms with Gasteiger partial charge in [0.15, 0.2) is 0 Å². The molecule has 4 nitrogen and oxygen atoms in total. The van der Waals surface area contributed by atoms with E-state index in [1.807, 2.05) is 18.7 Å². The smallest absolute Gasteiger partial charge is 0.225 e. The minimum atomic E-state index is 0.132. The number of hydrogen-bond acceptors (Lipinski definition) is 3. The van der Waals surface area contributed by atoms with Gasteiger partial charge in [0, 0.05) is 45.8 Å². The molecule has 4 heteroatoms. The average Bonchev–Trinajstić information content (AvgIpc) is 2.42. The van der Waals surface area contributed by atoms with Gasteiger partial charge >= 0.3 is 0 Å². The summed E-state index contributed by atoms with van der Waals surface area (Å²) in [6.07, 6.45) is 4.99. The largest absolute Gasteiger partial charge is 0.385 e. The van der Waals surface area contributed by atoms with Gasteiger partial charge < -0.3 is 9.64 Å². The van der Waals surface area contributed by atoms with Gasteiger partial charge in [0.25, 0.3) is 0 Å². The van der Waals surface area contributed by atoms with Crippen LogP contribution in [0, 0.1) is 5.92 Å². The highest BCUT2D eigenvalue weighted by molar-refractivity contribution is 5.78. The average molecular weight is 270 g/mol. The van der Waals surface area contributed by atoms with Crippen molar-refractivity contribution in [3.05, 3.63) is 0 Å². The Labute approximate surface area is 118 Å². The van der Waals surface area contributed by atoms with Gasteiger partial charge in [-0.1, -0.05) is 26.7 Å². The molecule has 0 bridgehead atoms. The zero-order valence-corrected chi connectivity index (χ0v) is 12.9. The van der Waals surface area contributed by atoms with Crippen LogP contribution in [0.1, 0.15) is 39.5 Å². The second-order valence-corrected chi connectivity index (χ2v) is 5.73. The van der Waals surface area contributed by atoms with E-state index in [1.54, 1.807) is 7.11 Å². The van der Waals surface area contributed by atoms with Gasteiger partial charge in [-0.2, -0.15) is 0 Å². The molecule has 0 radical (unpaired) electrons. The molecule has 0 atom stereocenters. The lowest BCUT2D eigenvalue weighted by Crippen LogP contribution is -2.49.